The van der Waals surface area contributed by atoms with Crippen molar-refractivity contribution in [1.29, 1.82) is 0 Å². The third kappa shape index (κ3) is 2.73. The van der Waals surface area contributed by atoms with Crippen LogP contribution in [0, 0.1) is 5.92 Å². The Balaban J connectivity index is 1.43. The molecule has 5 heteroatoms. The van der Waals surface area contributed by atoms with Crippen molar-refractivity contribution in [2.75, 3.05) is 13.1 Å². The molecule has 0 radical (unpaired) electrons. The van der Waals surface area contributed by atoms with E-state index >= 15 is 0 Å². The molecule has 0 spiro atoms. The highest BCUT2D eigenvalue weighted by Gasteiger charge is 2.40. The van der Waals surface area contributed by atoms with Crippen LogP contribution in [0.3, 0.4) is 0 Å². The van der Waals surface area contributed by atoms with Crippen LogP contribution < -0.4 is 0 Å². The van der Waals surface area contributed by atoms with E-state index in [0.717, 1.165) is 37.1 Å². The topological polar surface area (TPSA) is 53.5 Å². The van der Waals surface area contributed by atoms with Crippen LogP contribution in [0.1, 0.15) is 43.4 Å². The lowest BCUT2D eigenvalue weighted by Gasteiger charge is -2.30. The molecule has 23 heavy (non-hydrogen) atoms. The second-order valence-corrected chi connectivity index (χ2v) is 7.00. The Morgan fingerprint density at radius 3 is 2.91 bits per heavy atom. The van der Waals surface area contributed by atoms with Gasteiger partial charge in [0.15, 0.2) is 0 Å². The zero-order chi connectivity index (χ0) is 15.8. The zero-order valence-corrected chi connectivity index (χ0v) is 13.4. The Kier molecular flexibility index (Phi) is 3.79. The minimum Gasteiger partial charge on any atom is -0.339 e. The number of hydrogen-bond acceptors (Lipinski definition) is 3. The van der Waals surface area contributed by atoms with Gasteiger partial charge in [0.1, 0.15) is 0 Å². The molecular weight excluding hydrogens is 290 g/mol. The van der Waals surface area contributed by atoms with Crippen LogP contribution in [-0.4, -0.2) is 45.7 Å². The molecule has 0 bridgehead atoms. The molecule has 3 aliphatic rings. The van der Waals surface area contributed by atoms with Gasteiger partial charge in [-0.25, -0.2) is 0 Å². The van der Waals surface area contributed by atoms with Gasteiger partial charge >= 0.3 is 0 Å². The highest BCUT2D eigenvalue weighted by atomic mass is 16.2. The van der Waals surface area contributed by atoms with Crippen LogP contribution in [-0.2, 0) is 22.6 Å². The van der Waals surface area contributed by atoms with E-state index in [-0.39, 0.29) is 17.7 Å². The van der Waals surface area contributed by atoms with Crippen molar-refractivity contribution in [2.45, 2.75) is 51.1 Å². The van der Waals surface area contributed by atoms with Crippen LogP contribution in [0.15, 0.2) is 18.3 Å². The van der Waals surface area contributed by atoms with Crippen molar-refractivity contribution < 1.29 is 9.59 Å². The molecule has 4 rings (SSSR count). The first-order chi connectivity index (χ1) is 11.2. The molecule has 5 nitrogen and oxygen atoms in total. The van der Waals surface area contributed by atoms with E-state index in [4.69, 9.17) is 0 Å². The molecule has 2 amide bonds. The molecule has 3 heterocycles. The summed E-state index contributed by atoms with van der Waals surface area (Å²) in [6, 6.07) is 4.35. The fourth-order valence-corrected chi connectivity index (χ4v) is 4.28. The first-order valence-corrected chi connectivity index (χ1v) is 8.73. The van der Waals surface area contributed by atoms with E-state index in [2.05, 4.69) is 4.98 Å². The van der Waals surface area contributed by atoms with Crippen molar-refractivity contribution in [3.63, 3.8) is 0 Å². The molecule has 122 valence electrons. The fraction of sp³-hybridized carbons (Fsp3) is 0.611. The molecule has 1 aliphatic carbocycles. The quantitative estimate of drug-likeness (QED) is 0.836. The zero-order valence-electron chi connectivity index (χ0n) is 13.4. The average Bonchev–Trinajstić information content (AvgIpc) is 3.23. The molecule has 1 aromatic heterocycles. The standard InChI is InChI=1S/C18H23N3O2/c22-17-10-14(12-21(17)15-5-1-2-6-15)18(23)20-9-7-16-13(11-20)4-3-8-19-16/h3-4,8,14-15H,1-2,5-7,9-12H2/t14-/m0/s1. The second-order valence-electron chi connectivity index (χ2n) is 7.00. The average molecular weight is 313 g/mol. The molecule has 1 saturated heterocycles. The number of fused-ring (bicyclic) bond motifs is 1. The summed E-state index contributed by atoms with van der Waals surface area (Å²) in [7, 11) is 0. The minimum atomic E-state index is -0.152. The van der Waals surface area contributed by atoms with Crippen LogP contribution in [0.5, 0.6) is 0 Å². The van der Waals surface area contributed by atoms with Gasteiger partial charge in [-0.3, -0.25) is 14.6 Å². The van der Waals surface area contributed by atoms with E-state index in [1.807, 2.05) is 28.1 Å². The number of nitrogens with zero attached hydrogens (tertiary/aromatic N) is 3. The SMILES string of the molecule is O=C([C@H]1CC(=O)N(C2CCCC2)C1)N1CCc2ncccc2C1. The lowest BCUT2D eigenvalue weighted by Crippen LogP contribution is -2.41. The maximum Gasteiger partial charge on any atom is 0.228 e. The maximum absolute atomic E-state index is 12.8. The first kappa shape index (κ1) is 14.7. The molecular formula is C18H23N3O2. The molecule has 2 fully saturated rings. The van der Waals surface area contributed by atoms with Gasteiger partial charge in [-0.2, -0.15) is 0 Å². The van der Waals surface area contributed by atoms with Gasteiger partial charge < -0.3 is 9.80 Å². The van der Waals surface area contributed by atoms with Crippen molar-refractivity contribution in [3.8, 4) is 0 Å². The van der Waals surface area contributed by atoms with Crippen LogP contribution in [0.25, 0.3) is 0 Å². The molecule has 0 N–H and O–H groups in total. The first-order valence-electron chi connectivity index (χ1n) is 8.73. The van der Waals surface area contributed by atoms with Gasteiger partial charge in [0.2, 0.25) is 11.8 Å². The summed E-state index contributed by atoms with van der Waals surface area (Å²) < 4.78 is 0. The van der Waals surface area contributed by atoms with Crippen LogP contribution in [0.2, 0.25) is 0 Å². The summed E-state index contributed by atoms with van der Waals surface area (Å²) in [5, 5.41) is 0. The summed E-state index contributed by atoms with van der Waals surface area (Å²) in [6.45, 7) is 1.98. The molecule has 0 unspecified atom stereocenters. The summed E-state index contributed by atoms with van der Waals surface area (Å²) in [5.74, 6) is 0.170. The number of carbonyl (C=O) groups is 2. The van der Waals surface area contributed by atoms with Crippen LogP contribution >= 0.6 is 0 Å². The van der Waals surface area contributed by atoms with Gasteiger partial charge in [0.25, 0.3) is 0 Å². The summed E-state index contributed by atoms with van der Waals surface area (Å²) >= 11 is 0. The van der Waals surface area contributed by atoms with Gasteiger partial charge in [0, 0.05) is 50.4 Å². The van der Waals surface area contributed by atoms with Crippen molar-refractivity contribution in [3.05, 3.63) is 29.6 Å². The summed E-state index contributed by atoms with van der Waals surface area (Å²) in [5.41, 5.74) is 2.25. The van der Waals surface area contributed by atoms with Crippen LogP contribution in [0.4, 0.5) is 0 Å². The number of likely N-dealkylation sites (tertiary alicyclic amines) is 1. The Morgan fingerprint density at radius 2 is 2.09 bits per heavy atom. The Hall–Kier alpha value is -1.91. The Labute approximate surface area is 136 Å². The fourth-order valence-electron chi connectivity index (χ4n) is 4.28. The molecule has 1 saturated carbocycles. The van der Waals surface area contributed by atoms with Gasteiger partial charge in [-0.1, -0.05) is 18.9 Å². The van der Waals surface area contributed by atoms with E-state index in [0.29, 0.717) is 25.6 Å². The van der Waals surface area contributed by atoms with E-state index in [1.165, 1.54) is 12.8 Å². The van der Waals surface area contributed by atoms with Gasteiger partial charge in [0.05, 0.1) is 5.92 Å². The molecule has 1 atom stereocenters. The number of aromatic nitrogens is 1. The number of rotatable bonds is 2. The normalized spacial score (nSPS) is 25.0. The predicted molar refractivity (Wildman–Crippen MR) is 85.4 cm³/mol. The number of pyridine rings is 1. The van der Waals surface area contributed by atoms with Crippen molar-refractivity contribution >= 4 is 11.8 Å². The summed E-state index contributed by atoms with van der Waals surface area (Å²) in [4.78, 5) is 33.4. The largest absolute Gasteiger partial charge is 0.339 e. The van der Waals surface area contributed by atoms with E-state index in [1.54, 1.807) is 0 Å². The smallest absolute Gasteiger partial charge is 0.228 e. The number of hydrogen-bond donors (Lipinski definition) is 0. The monoisotopic (exact) mass is 313 g/mol. The highest BCUT2D eigenvalue weighted by molar-refractivity contribution is 5.89. The van der Waals surface area contributed by atoms with Gasteiger partial charge in [-0.15, -0.1) is 0 Å². The third-order valence-corrected chi connectivity index (χ3v) is 5.55. The van der Waals surface area contributed by atoms with Gasteiger partial charge in [-0.05, 0) is 24.5 Å². The second kappa shape index (κ2) is 5.95. The number of amides is 2. The molecule has 0 aromatic carbocycles. The summed E-state index contributed by atoms with van der Waals surface area (Å²) in [6.07, 6.45) is 7.66. The van der Waals surface area contributed by atoms with E-state index < -0.39 is 0 Å². The van der Waals surface area contributed by atoms with Crippen molar-refractivity contribution in [1.82, 2.24) is 14.8 Å². The lowest BCUT2D eigenvalue weighted by molar-refractivity contribution is -0.136. The van der Waals surface area contributed by atoms with E-state index in [9.17, 15) is 9.59 Å². The maximum atomic E-state index is 12.8. The third-order valence-electron chi connectivity index (χ3n) is 5.55. The Morgan fingerprint density at radius 1 is 1.26 bits per heavy atom. The number of carbonyl (C=O) groups excluding carboxylic acids is 2. The lowest BCUT2D eigenvalue weighted by atomic mass is 10.0. The highest BCUT2D eigenvalue weighted by Crippen LogP contribution is 2.31. The Bertz CT molecular complexity index is 624. The molecule has 2 aliphatic heterocycles. The molecule has 1 aromatic rings. The van der Waals surface area contributed by atoms with Crippen molar-refractivity contribution in [2.24, 2.45) is 5.92 Å². The predicted octanol–water partition coefficient (Wildman–Crippen LogP) is 1.76. The minimum absolute atomic E-state index is 0.147.